The molecular weight excluding hydrogens is 361 g/mol. The Labute approximate surface area is 163 Å². The number of ether oxygens (including phenoxy) is 1. The van der Waals surface area contributed by atoms with Crippen molar-refractivity contribution in [3.63, 3.8) is 0 Å². The highest BCUT2D eigenvalue weighted by Crippen LogP contribution is 2.27. The van der Waals surface area contributed by atoms with E-state index in [0.717, 1.165) is 24.0 Å². The predicted molar refractivity (Wildman–Crippen MR) is 104 cm³/mol. The molecule has 1 heterocycles. The number of halogens is 1. The molecule has 2 unspecified atom stereocenters. The van der Waals surface area contributed by atoms with Gasteiger partial charge in [0.15, 0.2) is 0 Å². The van der Waals surface area contributed by atoms with Gasteiger partial charge in [-0.1, -0.05) is 24.3 Å². The van der Waals surface area contributed by atoms with Crippen LogP contribution in [0.3, 0.4) is 0 Å². The number of hydrogen-bond acceptors (Lipinski definition) is 3. The molecule has 1 aliphatic heterocycles. The Morgan fingerprint density at radius 1 is 1.21 bits per heavy atom. The third-order valence-corrected chi connectivity index (χ3v) is 4.55. The highest BCUT2D eigenvalue weighted by atomic mass is 19.1. The Morgan fingerprint density at radius 3 is 2.68 bits per heavy atom. The number of anilines is 1. The van der Waals surface area contributed by atoms with Gasteiger partial charge in [0.25, 0.3) is 0 Å². The first-order chi connectivity index (χ1) is 13.5. The monoisotopic (exact) mass is 385 g/mol. The van der Waals surface area contributed by atoms with Gasteiger partial charge < -0.3 is 20.7 Å². The van der Waals surface area contributed by atoms with Crippen LogP contribution in [0.25, 0.3) is 0 Å². The van der Waals surface area contributed by atoms with E-state index in [4.69, 9.17) is 4.74 Å². The molecule has 1 saturated heterocycles. The number of benzene rings is 2. The Kier molecular flexibility index (Phi) is 6.60. The third-order valence-electron chi connectivity index (χ3n) is 4.55. The van der Waals surface area contributed by atoms with Crippen LogP contribution in [0.1, 0.15) is 36.9 Å². The van der Waals surface area contributed by atoms with Gasteiger partial charge in [-0.2, -0.15) is 0 Å². The van der Waals surface area contributed by atoms with E-state index < -0.39 is 0 Å². The van der Waals surface area contributed by atoms with Gasteiger partial charge in [0, 0.05) is 25.8 Å². The molecule has 0 bridgehead atoms. The zero-order valence-corrected chi connectivity index (χ0v) is 15.7. The third kappa shape index (κ3) is 5.53. The second kappa shape index (κ2) is 9.32. The number of nitrogens with one attached hydrogen (secondary N) is 3. The highest BCUT2D eigenvalue weighted by Gasteiger charge is 2.28. The summed E-state index contributed by atoms with van der Waals surface area (Å²) in [4.78, 5) is 23.6. The van der Waals surface area contributed by atoms with Crippen LogP contribution in [0.4, 0.5) is 14.9 Å². The molecule has 0 radical (unpaired) electrons. The molecular formula is C21H24FN3O3. The molecule has 6 nitrogen and oxygen atoms in total. The number of amides is 3. The van der Waals surface area contributed by atoms with Crippen LogP contribution in [-0.4, -0.2) is 24.6 Å². The van der Waals surface area contributed by atoms with E-state index in [1.54, 1.807) is 24.3 Å². The molecule has 0 spiro atoms. The summed E-state index contributed by atoms with van der Waals surface area (Å²) in [5, 5.41) is 8.48. The summed E-state index contributed by atoms with van der Waals surface area (Å²) >= 11 is 0. The van der Waals surface area contributed by atoms with Crippen LogP contribution in [0.2, 0.25) is 0 Å². The second-order valence-electron chi connectivity index (χ2n) is 6.79. The van der Waals surface area contributed by atoms with Gasteiger partial charge in [-0.05, 0) is 48.2 Å². The molecule has 0 saturated carbocycles. The first-order valence-corrected chi connectivity index (χ1v) is 9.29. The molecule has 148 valence electrons. The fourth-order valence-electron chi connectivity index (χ4n) is 3.26. The van der Waals surface area contributed by atoms with Gasteiger partial charge in [0.1, 0.15) is 5.82 Å². The minimum atomic E-state index is -0.353. The molecule has 28 heavy (non-hydrogen) atoms. The molecule has 0 aromatic heterocycles. The summed E-state index contributed by atoms with van der Waals surface area (Å²) in [6.07, 6.45) is 1.63. The van der Waals surface area contributed by atoms with Crippen LogP contribution in [0, 0.1) is 5.82 Å². The van der Waals surface area contributed by atoms with Crippen molar-refractivity contribution < 1.29 is 18.7 Å². The largest absolute Gasteiger partial charge is 0.376 e. The lowest BCUT2D eigenvalue weighted by molar-refractivity contribution is -0.114. The van der Waals surface area contributed by atoms with E-state index in [9.17, 15) is 14.0 Å². The van der Waals surface area contributed by atoms with Crippen LogP contribution in [0.15, 0.2) is 48.5 Å². The fourth-order valence-corrected chi connectivity index (χ4v) is 3.26. The van der Waals surface area contributed by atoms with Crippen molar-refractivity contribution in [2.24, 2.45) is 0 Å². The molecule has 2 aromatic rings. The fraction of sp³-hybridized carbons (Fsp3) is 0.333. The number of carbonyl (C=O) groups excluding carboxylic acids is 2. The second-order valence-corrected chi connectivity index (χ2v) is 6.79. The van der Waals surface area contributed by atoms with Crippen molar-refractivity contribution in [2.45, 2.75) is 38.5 Å². The number of hydrogen-bond donors (Lipinski definition) is 3. The maximum absolute atomic E-state index is 13.3. The van der Waals surface area contributed by atoms with Crippen molar-refractivity contribution in [1.29, 1.82) is 0 Å². The van der Waals surface area contributed by atoms with Gasteiger partial charge in [-0.3, -0.25) is 4.79 Å². The van der Waals surface area contributed by atoms with Gasteiger partial charge in [-0.25, -0.2) is 9.18 Å². The summed E-state index contributed by atoms with van der Waals surface area (Å²) in [5.74, 6) is -0.472. The first-order valence-electron chi connectivity index (χ1n) is 9.29. The zero-order chi connectivity index (χ0) is 19.9. The Balaban J connectivity index is 1.62. The van der Waals surface area contributed by atoms with Gasteiger partial charge in [0.05, 0.1) is 12.1 Å². The zero-order valence-electron chi connectivity index (χ0n) is 15.7. The SMILES string of the molecule is CC(=O)Nc1cccc(CNC(=O)NC(c2ccc(F)cc2)C2CCCO2)c1. The number of urea groups is 1. The van der Waals surface area contributed by atoms with Gasteiger partial charge in [-0.15, -0.1) is 0 Å². The number of carbonyl (C=O) groups is 2. The van der Waals surface area contributed by atoms with Gasteiger partial charge >= 0.3 is 6.03 Å². The van der Waals surface area contributed by atoms with E-state index in [-0.39, 0.29) is 29.9 Å². The standard InChI is InChI=1S/C21H24FN3O3/c1-14(26)24-18-5-2-4-15(12-18)13-23-21(27)25-20(19-6-3-11-28-19)16-7-9-17(22)10-8-16/h2,4-5,7-10,12,19-20H,3,6,11,13H2,1H3,(H,24,26)(H2,23,25,27). The summed E-state index contributed by atoms with van der Waals surface area (Å²) in [6, 6.07) is 12.7. The molecule has 7 heteroatoms. The Hall–Kier alpha value is -2.93. The number of rotatable bonds is 6. The van der Waals surface area contributed by atoms with Crippen LogP contribution in [0.5, 0.6) is 0 Å². The minimum absolute atomic E-state index is 0.140. The summed E-state index contributed by atoms with van der Waals surface area (Å²) in [7, 11) is 0. The van der Waals surface area contributed by atoms with E-state index in [1.165, 1.54) is 19.1 Å². The topological polar surface area (TPSA) is 79.5 Å². The van der Waals surface area contributed by atoms with Crippen LogP contribution < -0.4 is 16.0 Å². The van der Waals surface area contributed by atoms with E-state index in [1.807, 2.05) is 12.1 Å². The molecule has 2 atom stereocenters. The predicted octanol–water partition coefficient (Wildman–Crippen LogP) is 3.50. The molecule has 0 aliphatic carbocycles. The maximum atomic E-state index is 13.3. The molecule has 3 N–H and O–H groups in total. The molecule has 2 aromatic carbocycles. The quantitative estimate of drug-likeness (QED) is 0.712. The summed E-state index contributed by atoms with van der Waals surface area (Å²) in [6.45, 7) is 2.40. The molecule has 3 amide bonds. The Morgan fingerprint density at radius 2 is 2.00 bits per heavy atom. The maximum Gasteiger partial charge on any atom is 0.315 e. The smallest absolute Gasteiger partial charge is 0.315 e. The average Bonchev–Trinajstić information content (AvgIpc) is 3.19. The van der Waals surface area contributed by atoms with Crippen molar-refractivity contribution in [1.82, 2.24) is 10.6 Å². The van der Waals surface area contributed by atoms with E-state index in [2.05, 4.69) is 16.0 Å². The first kappa shape index (κ1) is 19.8. The lowest BCUT2D eigenvalue weighted by Crippen LogP contribution is -2.42. The molecule has 1 aliphatic rings. The lowest BCUT2D eigenvalue weighted by atomic mass is 9.99. The van der Waals surface area contributed by atoms with Crippen molar-refractivity contribution in [3.8, 4) is 0 Å². The Bertz CT molecular complexity index is 820. The van der Waals surface area contributed by atoms with Crippen LogP contribution >= 0.6 is 0 Å². The summed E-state index contributed by atoms with van der Waals surface area (Å²) in [5.41, 5.74) is 2.34. The van der Waals surface area contributed by atoms with Crippen LogP contribution in [-0.2, 0) is 16.1 Å². The van der Waals surface area contributed by atoms with E-state index in [0.29, 0.717) is 18.8 Å². The minimum Gasteiger partial charge on any atom is -0.376 e. The lowest BCUT2D eigenvalue weighted by Gasteiger charge is -2.25. The highest BCUT2D eigenvalue weighted by molar-refractivity contribution is 5.88. The summed E-state index contributed by atoms with van der Waals surface area (Å²) < 4.78 is 19.0. The normalized spacial score (nSPS) is 17.0. The van der Waals surface area contributed by atoms with E-state index >= 15 is 0 Å². The van der Waals surface area contributed by atoms with Crippen molar-refractivity contribution in [2.75, 3.05) is 11.9 Å². The molecule has 1 fully saturated rings. The van der Waals surface area contributed by atoms with Crippen molar-refractivity contribution in [3.05, 3.63) is 65.5 Å². The van der Waals surface area contributed by atoms with Gasteiger partial charge in [0.2, 0.25) is 5.91 Å². The van der Waals surface area contributed by atoms with Crippen molar-refractivity contribution >= 4 is 17.6 Å². The average molecular weight is 385 g/mol. The molecule has 3 rings (SSSR count).